The van der Waals surface area contributed by atoms with Gasteiger partial charge in [0.05, 0.1) is 5.60 Å². The average Bonchev–Trinajstić information content (AvgIpc) is 2.93. The van der Waals surface area contributed by atoms with E-state index in [9.17, 15) is 0 Å². The van der Waals surface area contributed by atoms with Crippen molar-refractivity contribution < 1.29 is 4.74 Å². The van der Waals surface area contributed by atoms with Gasteiger partial charge in [-0.1, -0.05) is 25.7 Å². The van der Waals surface area contributed by atoms with Crippen molar-refractivity contribution in [3.63, 3.8) is 0 Å². The molecule has 0 bridgehead atoms. The van der Waals surface area contributed by atoms with Gasteiger partial charge in [0, 0.05) is 18.7 Å². The Morgan fingerprint density at radius 1 is 1.18 bits per heavy atom. The highest BCUT2D eigenvalue weighted by molar-refractivity contribution is 4.91. The first-order valence-corrected chi connectivity index (χ1v) is 7.38. The number of nitrogens with one attached hydrogen (secondary N) is 1. The molecule has 2 rings (SSSR count). The van der Waals surface area contributed by atoms with E-state index < -0.39 is 0 Å². The normalized spacial score (nSPS) is 24.2. The first-order chi connectivity index (χ1) is 7.99. The van der Waals surface area contributed by atoms with Gasteiger partial charge in [-0.15, -0.1) is 0 Å². The molecule has 0 saturated heterocycles. The van der Waals surface area contributed by atoms with Crippen LogP contribution in [0.1, 0.15) is 65.7 Å². The Hall–Kier alpha value is -0.0800. The van der Waals surface area contributed by atoms with Crippen LogP contribution >= 0.6 is 0 Å². The van der Waals surface area contributed by atoms with Gasteiger partial charge in [-0.2, -0.15) is 0 Å². The third kappa shape index (κ3) is 4.59. The Kier molecular flexibility index (Phi) is 4.14. The lowest BCUT2D eigenvalue weighted by atomic mass is 9.99. The second kappa shape index (κ2) is 5.27. The van der Waals surface area contributed by atoms with Gasteiger partial charge in [0.2, 0.25) is 0 Å². The monoisotopic (exact) mass is 239 g/mol. The molecule has 0 radical (unpaired) electrons. The van der Waals surface area contributed by atoms with Gasteiger partial charge in [-0.25, -0.2) is 0 Å². The van der Waals surface area contributed by atoms with Crippen LogP contribution in [0.4, 0.5) is 0 Å². The van der Waals surface area contributed by atoms with Gasteiger partial charge in [0.1, 0.15) is 0 Å². The molecule has 0 aromatic heterocycles. The Balaban J connectivity index is 1.76. The Bertz CT molecular complexity index is 234. The zero-order valence-corrected chi connectivity index (χ0v) is 11.8. The molecule has 17 heavy (non-hydrogen) atoms. The summed E-state index contributed by atoms with van der Waals surface area (Å²) in [5.74, 6) is 0.990. The van der Waals surface area contributed by atoms with Gasteiger partial charge in [-0.3, -0.25) is 0 Å². The first kappa shape index (κ1) is 13.4. The molecule has 2 fully saturated rings. The molecule has 2 aliphatic rings. The van der Waals surface area contributed by atoms with Gasteiger partial charge < -0.3 is 10.1 Å². The topological polar surface area (TPSA) is 21.3 Å². The number of hydrogen-bond acceptors (Lipinski definition) is 2. The number of hydrogen-bond donors (Lipinski definition) is 1. The SMILES string of the molecule is CC(C)(C)NCC1(OCCC2CC2)CCCC1. The zero-order chi connectivity index (χ0) is 12.4. The highest BCUT2D eigenvalue weighted by atomic mass is 16.5. The van der Waals surface area contributed by atoms with E-state index in [1.165, 1.54) is 44.9 Å². The molecule has 2 aliphatic carbocycles. The summed E-state index contributed by atoms with van der Waals surface area (Å²) in [6.07, 6.45) is 9.36. The van der Waals surface area contributed by atoms with E-state index >= 15 is 0 Å². The highest BCUT2D eigenvalue weighted by Gasteiger charge is 2.36. The summed E-state index contributed by atoms with van der Waals surface area (Å²) in [5.41, 5.74) is 0.359. The largest absolute Gasteiger partial charge is 0.374 e. The van der Waals surface area contributed by atoms with Crippen molar-refractivity contribution in [1.29, 1.82) is 0 Å². The van der Waals surface area contributed by atoms with E-state index in [0.717, 1.165) is 19.1 Å². The lowest BCUT2D eigenvalue weighted by Crippen LogP contribution is -2.48. The molecular formula is C15H29NO. The molecule has 0 unspecified atom stereocenters. The van der Waals surface area contributed by atoms with Gasteiger partial charge >= 0.3 is 0 Å². The second-order valence-corrected chi connectivity index (χ2v) is 7.07. The molecule has 0 spiro atoms. The van der Waals surface area contributed by atoms with Crippen molar-refractivity contribution in [3.8, 4) is 0 Å². The maximum absolute atomic E-state index is 6.27. The van der Waals surface area contributed by atoms with Crippen LogP contribution in [-0.4, -0.2) is 24.3 Å². The van der Waals surface area contributed by atoms with Crippen LogP contribution < -0.4 is 5.32 Å². The fourth-order valence-corrected chi connectivity index (χ4v) is 2.67. The molecule has 0 atom stereocenters. The smallest absolute Gasteiger partial charge is 0.0806 e. The summed E-state index contributed by atoms with van der Waals surface area (Å²) >= 11 is 0. The van der Waals surface area contributed by atoms with E-state index in [-0.39, 0.29) is 11.1 Å². The molecule has 0 heterocycles. The molecule has 0 amide bonds. The lowest BCUT2D eigenvalue weighted by Gasteiger charge is -2.33. The van der Waals surface area contributed by atoms with Crippen molar-refractivity contribution in [2.45, 2.75) is 76.9 Å². The maximum Gasteiger partial charge on any atom is 0.0806 e. The molecule has 0 aromatic rings. The predicted octanol–water partition coefficient (Wildman–Crippen LogP) is 3.50. The van der Waals surface area contributed by atoms with Crippen molar-refractivity contribution in [3.05, 3.63) is 0 Å². The van der Waals surface area contributed by atoms with E-state index in [4.69, 9.17) is 4.74 Å². The fraction of sp³-hybridized carbons (Fsp3) is 1.00. The van der Waals surface area contributed by atoms with Crippen molar-refractivity contribution >= 4 is 0 Å². The molecular weight excluding hydrogens is 210 g/mol. The summed E-state index contributed by atoms with van der Waals surface area (Å²) in [5, 5.41) is 3.63. The summed E-state index contributed by atoms with van der Waals surface area (Å²) in [6, 6.07) is 0. The average molecular weight is 239 g/mol. The number of rotatable bonds is 6. The Labute approximate surface area is 107 Å². The van der Waals surface area contributed by atoms with Crippen molar-refractivity contribution in [1.82, 2.24) is 5.32 Å². The van der Waals surface area contributed by atoms with Gasteiger partial charge in [0.25, 0.3) is 0 Å². The molecule has 0 aliphatic heterocycles. The van der Waals surface area contributed by atoms with Gasteiger partial charge in [-0.05, 0) is 46.0 Å². The molecule has 2 nitrogen and oxygen atoms in total. The quantitative estimate of drug-likeness (QED) is 0.766. The lowest BCUT2D eigenvalue weighted by molar-refractivity contribution is -0.0448. The third-order valence-corrected chi connectivity index (χ3v) is 4.09. The number of ether oxygens (including phenoxy) is 1. The summed E-state index contributed by atoms with van der Waals surface area (Å²) in [6.45, 7) is 8.72. The minimum Gasteiger partial charge on any atom is -0.374 e. The van der Waals surface area contributed by atoms with Crippen LogP contribution in [-0.2, 0) is 4.74 Å². The summed E-state index contributed by atoms with van der Waals surface area (Å²) in [4.78, 5) is 0. The van der Waals surface area contributed by atoms with E-state index in [0.29, 0.717) is 0 Å². The zero-order valence-electron chi connectivity index (χ0n) is 11.8. The standard InChI is InChI=1S/C15H29NO/c1-14(2,3)16-12-15(9-4-5-10-15)17-11-8-13-6-7-13/h13,16H,4-12H2,1-3H3. The summed E-state index contributed by atoms with van der Waals surface area (Å²) < 4.78 is 6.27. The molecule has 0 aromatic carbocycles. The van der Waals surface area contributed by atoms with Crippen LogP contribution in [0, 0.1) is 5.92 Å². The molecule has 2 saturated carbocycles. The predicted molar refractivity (Wildman–Crippen MR) is 72.2 cm³/mol. The van der Waals surface area contributed by atoms with Crippen LogP contribution in [0.5, 0.6) is 0 Å². The Morgan fingerprint density at radius 2 is 1.82 bits per heavy atom. The second-order valence-electron chi connectivity index (χ2n) is 7.07. The van der Waals surface area contributed by atoms with E-state index in [2.05, 4.69) is 26.1 Å². The van der Waals surface area contributed by atoms with Crippen molar-refractivity contribution in [2.24, 2.45) is 5.92 Å². The molecule has 2 heteroatoms. The summed E-state index contributed by atoms with van der Waals surface area (Å²) in [7, 11) is 0. The van der Waals surface area contributed by atoms with E-state index in [1.807, 2.05) is 0 Å². The van der Waals surface area contributed by atoms with E-state index in [1.54, 1.807) is 0 Å². The van der Waals surface area contributed by atoms with Gasteiger partial charge in [0.15, 0.2) is 0 Å². The van der Waals surface area contributed by atoms with Crippen LogP contribution in [0.2, 0.25) is 0 Å². The molecule has 1 N–H and O–H groups in total. The fourth-order valence-electron chi connectivity index (χ4n) is 2.67. The maximum atomic E-state index is 6.27. The molecule has 100 valence electrons. The Morgan fingerprint density at radius 3 is 2.35 bits per heavy atom. The highest BCUT2D eigenvalue weighted by Crippen LogP contribution is 2.36. The van der Waals surface area contributed by atoms with Crippen LogP contribution in [0.25, 0.3) is 0 Å². The first-order valence-electron chi connectivity index (χ1n) is 7.38. The third-order valence-electron chi connectivity index (χ3n) is 4.09. The minimum atomic E-state index is 0.155. The van der Waals surface area contributed by atoms with Crippen molar-refractivity contribution in [2.75, 3.05) is 13.2 Å². The van der Waals surface area contributed by atoms with Crippen LogP contribution in [0.15, 0.2) is 0 Å². The minimum absolute atomic E-state index is 0.155. The van der Waals surface area contributed by atoms with Crippen LogP contribution in [0.3, 0.4) is 0 Å².